The lowest BCUT2D eigenvalue weighted by Gasteiger charge is -2.33. The second-order valence-corrected chi connectivity index (χ2v) is 15.6. The molecule has 2 aliphatic rings. The van der Waals surface area contributed by atoms with Gasteiger partial charge in [-0.1, -0.05) is 98.5 Å². The lowest BCUT2D eigenvalue weighted by atomic mass is 9.83. The van der Waals surface area contributed by atoms with Crippen molar-refractivity contribution in [1.29, 1.82) is 0 Å². The third kappa shape index (κ3) is 9.88. The van der Waals surface area contributed by atoms with E-state index in [0.29, 0.717) is 22.6 Å². The van der Waals surface area contributed by atoms with E-state index in [4.69, 9.17) is 14.3 Å². The number of halogens is 6. The predicted octanol–water partition coefficient (Wildman–Crippen LogP) is 11.8. The Hall–Kier alpha value is -5.59. The van der Waals surface area contributed by atoms with Gasteiger partial charge in [-0.25, -0.2) is 4.79 Å². The number of benzene rings is 4. The van der Waals surface area contributed by atoms with Crippen LogP contribution >= 0.6 is 0 Å². The summed E-state index contributed by atoms with van der Waals surface area (Å²) in [5, 5.41) is 5.78. The van der Waals surface area contributed by atoms with Gasteiger partial charge >= 0.3 is 18.3 Å². The zero-order valence-corrected chi connectivity index (χ0v) is 34.4. The van der Waals surface area contributed by atoms with Crippen LogP contribution in [-0.4, -0.2) is 55.6 Å². The normalized spacial score (nSPS) is 17.0. The van der Waals surface area contributed by atoms with Gasteiger partial charge in [0.2, 0.25) is 0 Å². The number of aryl methyl sites for hydroxylation is 3. The van der Waals surface area contributed by atoms with Crippen LogP contribution in [0.3, 0.4) is 0 Å². The molecule has 6 rings (SSSR count). The maximum Gasteiger partial charge on any atom is 0.422 e. The Kier molecular flexibility index (Phi) is 13.2. The third-order valence-electron chi connectivity index (χ3n) is 10.9. The minimum absolute atomic E-state index is 0.0883. The largest absolute Gasteiger partial charge is 0.484 e. The molecule has 4 aromatic rings. The molecule has 318 valence electrons. The molecule has 7 nitrogen and oxygen atoms in total. The summed E-state index contributed by atoms with van der Waals surface area (Å²) < 4.78 is 89.6. The fourth-order valence-corrected chi connectivity index (χ4v) is 8.37. The van der Waals surface area contributed by atoms with Crippen molar-refractivity contribution in [3.8, 4) is 11.5 Å². The molecule has 0 saturated carbocycles. The maximum absolute atomic E-state index is 14.7. The van der Waals surface area contributed by atoms with Crippen LogP contribution in [0, 0.1) is 26.7 Å². The molecule has 0 saturated heterocycles. The van der Waals surface area contributed by atoms with Crippen LogP contribution in [0.15, 0.2) is 89.6 Å². The van der Waals surface area contributed by atoms with Gasteiger partial charge in [0.05, 0.1) is 6.04 Å². The number of oxime groups is 1. The van der Waals surface area contributed by atoms with E-state index in [0.717, 1.165) is 90.0 Å². The van der Waals surface area contributed by atoms with Crippen molar-refractivity contribution < 1.29 is 50.2 Å². The molecule has 13 heteroatoms. The molecule has 0 amide bonds. The number of hydrogen-bond donors (Lipinski definition) is 0. The van der Waals surface area contributed by atoms with Gasteiger partial charge in [0.1, 0.15) is 17.2 Å². The van der Waals surface area contributed by atoms with Crippen LogP contribution in [0.25, 0.3) is 10.8 Å². The average molecular weight is 835 g/mol. The molecule has 0 fully saturated rings. The van der Waals surface area contributed by atoms with Crippen LogP contribution in [0.4, 0.5) is 32.0 Å². The summed E-state index contributed by atoms with van der Waals surface area (Å²) in [6, 6.07) is 16.8. The molecule has 1 aliphatic carbocycles. The van der Waals surface area contributed by atoms with Crippen LogP contribution in [0.2, 0.25) is 0 Å². The lowest BCUT2D eigenvalue weighted by molar-refractivity contribution is -0.154. The molecular weight excluding hydrogens is 787 g/mol. The summed E-state index contributed by atoms with van der Waals surface area (Å²) in [6.07, 6.45) is 0.141. The number of nitrogens with zero attached hydrogens (tertiary/aromatic N) is 2. The van der Waals surface area contributed by atoms with Gasteiger partial charge in [-0.15, -0.1) is 0 Å². The van der Waals surface area contributed by atoms with E-state index < -0.39 is 49.0 Å². The number of rotatable bonds is 15. The molecule has 4 aromatic carbocycles. The summed E-state index contributed by atoms with van der Waals surface area (Å²) in [6.45, 7) is 8.52. The number of anilines is 1. The number of ketones is 1. The molecule has 3 atom stereocenters. The summed E-state index contributed by atoms with van der Waals surface area (Å²) in [5.74, 6) is -1.91. The fraction of sp³-hybridized carbons (Fsp3) is 0.383. The van der Waals surface area contributed by atoms with Crippen molar-refractivity contribution >= 4 is 33.9 Å². The number of alkyl halides is 6. The Morgan fingerprint density at radius 1 is 0.850 bits per heavy atom. The van der Waals surface area contributed by atoms with Crippen molar-refractivity contribution in [2.75, 3.05) is 24.7 Å². The molecule has 0 spiro atoms. The van der Waals surface area contributed by atoms with Gasteiger partial charge in [0, 0.05) is 58.8 Å². The third-order valence-corrected chi connectivity index (χ3v) is 10.9. The highest BCUT2D eigenvalue weighted by Crippen LogP contribution is 2.50. The maximum atomic E-state index is 14.7. The highest BCUT2D eigenvalue weighted by atomic mass is 19.4. The number of carbonyl (C=O) groups excluding carboxylic acids is 2. The molecule has 0 N–H and O–H groups in total. The van der Waals surface area contributed by atoms with Gasteiger partial charge in [-0.2, -0.15) is 26.3 Å². The van der Waals surface area contributed by atoms with Crippen molar-refractivity contribution in [3.63, 3.8) is 0 Å². The highest BCUT2D eigenvalue weighted by molar-refractivity contribution is 6.20. The van der Waals surface area contributed by atoms with E-state index in [2.05, 4.69) is 23.9 Å². The second kappa shape index (κ2) is 17.9. The topological polar surface area (TPSA) is 77.4 Å². The highest BCUT2D eigenvalue weighted by Gasteiger charge is 2.41. The van der Waals surface area contributed by atoms with Gasteiger partial charge in [0.25, 0.3) is 0 Å². The first-order chi connectivity index (χ1) is 28.4. The minimum Gasteiger partial charge on any atom is -0.484 e. The Bertz CT molecular complexity index is 2340. The SMILES string of the molecule is CCCCC(CC)CN1c2c(cc(C(=O)c3c(C)cc(C)cc3C)c3ccccc23)C2C=C(/C(=N/OC(C)=O)c3ccc(OCC(F)(F)F)cc3OCC(F)(F)F)C=CC21. The van der Waals surface area contributed by atoms with Crippen LogP contribution in [0.1, 0.15) is 96.1 Å². The number of ether oxygens (including phenoxy) is 2. The first kappa shape index (κ1) is 44.0. The molecule has 1 heterocycles. The van der Waals surface area contributed by atoms with E-state index >= 15 is 0 Å². The first-order valence-corrected chi connectivity index (χ1v) is 20.0. The smallest absolute Gasteiger partial charge is 0.422 e. The number of allylic oxidation sites excluding steroid dienone is 2. The summed E-state index contributed by atoms with van der Waals surface area (Å²) in [4.78, 5) is 34.3. The minimum atomic E-state index is -4.80. The molecule has 60 heavy (non-hydrogen) atoms. The van der Waals surface area contributed by atoms with Gasteiger partial charge < -0.3 is 19.2 Å². The number of fused-ring (bicyclic) bond motifs is 5. The average Bonchev–Trinajstić information content (AvgIpc) is 3.49. The van der Waals surface area contributed by atoms with Crippen LogP contribution in [-0.2, 0) is 9.63 Å². The lowest BCUT2D eigenvalue weighted by Crippen LogP contribution is -2.37. The number of hydrogen-bond acceptors (Lipinski definition) is 7. The quantitative estimate of drug-likeness (QED) is 0.0390. The van der Waals surface area contributed by atoms with E-state index in [1.165, 1.54) is 6.07 Å². The Morgan fingerprint density at radius 2 is 1.52 bits per heavy atom. The fourth-order valence-electron chi connectivity index (χ4n) is 8.37. The van der Waals surface area contributed by atoms with Crippen molar-refractivity contribution in [2.24, 2.45) is 11.1 Å². The summed E-state index contributed by atoms with van der Waals surface area (Å²) >= 11 is 0. The first-order valence-electron chi connectivity index (χ1n) is 20.0. The molecule has 3 unspecified atom stereocenters. The van der Waals surface area contributed by atoms with Crippen molar-refractivity contribution in [3.05, 3.63) is 123 Å². The van der Waals surface area contributed by atoms with Crippen LogP contribution < -0.4 is 14.4 Å². The summed E-state index contributed by atoms with van der Waals surface area (Å²) in [5.41, 5.74) is 5.87. The summed E-state index contributed by atoms with van der Waals surface area (Å²) in [7, 11) is 0. The Morgan fingerprint density at radius 3 is 2.15 bits per heavy atom. The number of unbranched alkanes of at least 4 members (excludes halogenated alkanes) is 1. The molecule has 1 aliphatic heterocycles. The Balaban J connectivity index is 1.54. The molecule has 0 radical (unpaired) electrons. The van der Waals surface area contributed by atoms with E-state index in [1.807, 2.05) is 75.4 Å². The van der Waals surface area contributed by atoms with E-state index in [1.54, 1.807) is 6.08 Å². The predicted molar refractivity (Wildman–Crippen MR) is 220 cm³/mol. The zero-order chi connectivity index (χ0) is 43.5. The van der Waals surface area contributed by atoms with Gasteiger partial charge in [-0.05, 0) is 73.4 Å². The monoisotopic (exact) mass is 834 g/mol. The number of carbonyl (C=O) groups is 2. The van der Waals surface area contributed by atoms with Crippen LogP contribution in [0.5, 0.6) is 11.5 Å². The Labute approximate surface area is 345 Å². The van der Waals surface area contributed by atoms with Gasteiger partial charge in [0.15, 0.2) is 19.0 Å². The molecule has 0 aromatic heterocycles. The zero-order valence-electron chi connectivity index (χ0n) is 34.4. The molecule has 0 bridgehead atoms. The van der Waals surface area contributed by atoms with E-state index in [9.17, 15) is 35.9 Å². The van der Waals surface area contributed by atoms with Gasteiger partial charge in [-0.3, -0.25) is 4.79 Å². The molecular formula is C47H48F6N2O5. The standard InChI is InChI=1S/C47H48F6N2O5/c1-7-9-12-31(8-2)24-55-40-18-15-32(43(54-60-30(6)56)36-17-16-33(58-25-46(48,49)50)22-41(36)59-26-47(51,52)53)21-37(40)38-23-39(34-13-10-11-14-35(34)44(38)55)45(57)42-28(4)19-27(3)20-29(42)5/h10-11,13-23,31,37,40H,7-9,12,24-26H2,1-6H3/b54-43-. The second-order valence-electron chi connectivity index (χ2n) is 15.6. The van der Waals surface area contributed by atoms with Crippen molar-refractivity contribution in [2.45, 2.75) is 91.5 Å². The van der Waals surface area contributed by atoms with E-state index in [-0.39, 0.29) is 23.1 Å². The van der Waals surface area contributed by atoms with Crippen molar-refractivity contribution in [1.82, 2.24) is 0 Å².